The maximum Gasteiger partial charge on any atom is 0.149 e. The minimum atomic E-state index is -0.187. The molecule has 0 saturated heterocycles. The van der Waals surface area contributed by atoms with E-state index in [1.807, 2.05) is 0 Å². The molecular formula is C8H13NO2. The zero-order chi connectivity index (χ0) is 8.69. The Morgan fingerprint density at radius 2 is 2.18 bits per heavy atom. The summed E-state index contributed by atoms with van der Waals surface area (Å²) < 4.78 is 0. The van der Waals surface area contributed by atoms with E-state index >= 15 is 0 Å². The molecule has 0 aromatic rings. The van der Waals surface area contributed by atoms with Crippen LogP contribution in [-0.4, -0.2) is 16.8 Å². The molecule has 4 N–H and O–H groups in total. The lowest BCUT2D eigenvalue weighted by Gasteiger charge is -1.97. The monoisotopic (exact) mass is 155 g/mol. The average molecular weight is 155 g/mol. The predicted octanol–water partition coefficient (Wildman–Crippen LogP) is 1.41. The smallest absolute Gasteiger partial charge is 0.149 e. The van der Waals surface area contributed by atoms with Crippen molar-refractivity contribution < 1.29 is 10.2 Å². The van der Waals surface area contributed by atoms with Crippen molar-refractivity contribution in [3.8, 4) is 0 Å². The van der Waals surface area contributed by atoms with Gasteiger partial charge >= 0.3 is 0 Å². The molecule has 3 nitrogen and oxygen atoms in total. The standard InChI is InChI=1S/C8H13NO2/c1-2-7(3-4-9)5-8(11)6-10/h2,5-6,10-11H,1,3-4,9H2/b7-5+,8-6-. The molecule has 62 valence electrons. The second kappa shape index (κ2) is 5.56. The van der Waals surface area contributed by atoms with Crippen LogP contribution < -0.4 is 5.73 Å². The van der Waals surface area contributed by atoms with E-state index in [0.717, 1.165) is 5.57 Å². The van der Waals surface area contributed by atoms with Gasteiger partial charge in [0.2, 0.25) is 0 Å². The Hall–Kier alpha value is -1.22. The van der Waals surface area contributed by atoms with Crippen LogP contribution in [0, 0.1) is 0 Å². The lowest BCUT2D eigenvalue weighted by atomic mass is 10.1. The molecule has 0 rings (SSSR count). The first-order valence-electron chi connectivity index (χ1n) is 3.31. The van der Waals surface area contributed by atoms with Crippen molar-refractivity contribution in [3.05, 3.63) is 36.3 Å². The second-order valence-electron chi connectivity index (χ2n) is 2.02. The summed E-state index contributed by atoms with van der Waals surface area (Å²) in [4.78, 5) is 0. The van der Waals surface area contributed by atoms with Crippen molar-refractivity contribution in [3.63, 3.8) is 0 Å². The Morgan fingerprint density at radius 1 is 1.55 bits per heavy atom. The molecule has 0 aromatic heterocycles. The first kappa shape index (κ1) is 9.78. The van der Waals surface area contributed by atoms with Gasteiger partial charge in [-0.2, -0.15) is 0 Å². The molecule has 11 heavy (non-hydrogen) atoms. The Labute approximate surface area is 66.2 Å². The summed E-state index contributed by atoms with van der Waals surface area (Å²) in [7, 11) is 0. The highest BCUT2D eigenvalue weighted by Gasteiger charge is 1.91. The van der Waals surface area contributed by atoms with Crippen molar-refractivity contribution in [1.29, 1.82) is 0 Å². The third-order valence-corrected chi connectivity index (χ3v) is 1.16. The van der Waals surface area contributed by atoms with E-state index in [1.165, 1.54) is 6.08 Å². The van der Waals surface area contributed by atoms with Crippen LogP contribution in [0.25, 0.3) is 0 Å². The molecule has 0 aliphatic carbocycles. The van der Waals surface area contributed by atoms with Crippen LogP contribution in [0.1, 0.15) is 6.42 Å². The highest BCUT2D eigenvalue weighted by molar-refractivity contribution is 5.24. The number of nitrogens with two attached hydrogens (primary N) is 1. The Bertz CT molecular complexity index is 183. The molecule has 0 aliphatic rings. The van der Waals surface area contributed by atoms with Gasteiger partial charge in [0.25, 0.3) is 0 Å². The number of hydrogen-bond acceptors (Lipinski definition) is 3. The molecule has 0 atom stereocenters. The van der Waals surface area contributed by atoms with Crippen LogP contribution in [0.15, 0.2) is 36.3 Å². The summed E-state index contributed by atoms with van der Waals surface area (Å²) in [5, 5.41) is 17.2. The van der Waals surface area contributed by atoms with Gasteiger partial charge in [-0.25, -0.2) is 0 Å². The Morgan fingerprint density at radius 3 is 2.55 bits per heavy atom. The van der Waals surface area contributed by atoms with E-state index in [4.69, 9.17) is 15.9 Å². The van der Waals surface area contributed by atoms with Crippen LogP contribution in [0.5, 0.6) is 0 Å². The zero-order valence-electron chi connectivity index (χ0n) is 6.33. The first-order valence-corrected chi connectivity index (χ1v) is 3.31. The van der Waals surface area contributed by atoms with E-state index in [1.54, 1.807) is 6.08 Å². The third-order valence-electron chi connectivity index (χ3n) is 1.16. The number of hydrogen-bond donors (Lipinski definition) is 3. The van der Waals surface area contributed by atoms with E-state index in [2.05, 4.69) is 6.58 Å². The van der Waals surface area contributed by atoms with Crippen LogP contribution in [0.2, 0.25) is 0 Å². The summed E-state index contributed by atoms with van der Waals surface area (Å²) in [5.74, 6) is -0.187. The van der Waals surface area contributed by atoms with Crippen LogP contribution >= 0.6 is 0 Å². The van der Waals surface area contributed by atoms with Crippen molar-refractivity contribution in [2.45, 2.75) is 6.42 Å². The van der Waals surface area contributed by atoms with Crippen LogP contribution in [-0.2, 0) is 0 Å². The van der Waals surface area contributed by atoms with Crippen LogP contribution in [0.3, 0.4) is 0 Å². The summed E-state index contributed by atoms with van der Waals surface area (Å²) in [6, 6.07) is 0. The van der Waals surface area contributed by atoms with Crippen molar-refractivity contribution in [2.75, 3.05) is 6.54 Å². The molecule has 0 spiro atoms. The van der Waals surface area contributed by atoms with Gasteiger partial charge in [-0.05, 0) is 24.6 Å². The predicted molar refractivity (Wildman–Crippen MR) is 45.3 cm³/mol. The molecule has 0 saturated carbocycles. The summed E-state index contributed by atoms with van der Waals surface area (Å²) >= 11 is 0. The zero-order valence-corrected chi connectivity index (χ0v) is 6.33. The molecule has 0 bridgehead atoms. The molecule has 0 fully saturated rings. The van der Waals surface area contributed by atoms with Gasteiger partial charge in [-0.3, -0.25) is 0 Å². The quantitative estimate of drug-likeness (QED) is 0.424. The minimum absolute atomic E-state index is 0.187. The SMILES string of the molecule is C=C/C(=C\C(O)=C\O)CCN. The number of aliphatic hydroxyl groups excluding tert-OH is 2. The fourth-order valence-corrected chi connectivity index (χ4v) is 0.627. The molecule has 0 unspecified atom stereocenters. The maximum atomic E-state index is 8.83. The van der Waals surface area contributed by atoms with Gasteiger partial charge in [0.05, 0.1) is 0 Å². The van der Waals surface area contributed by atoms with Gasteiger partial charge in [-0.15, -0.1) is 0 Å². The highest BCUT2D eigenvalue weighted by atomic mass is 16.3. The lowest BCUT2D eigenvalue weighted by molar-refractivity contribution is 0.377. The molecule has 0 heterocycles. The number of allylic oxidation sites excluding steroid dienone is 2. The van der Waals surface area contributed by atoms with Crippen LogP contribution in [0.4, 0.5) is 0 Å². The third kappa shape index (κ3) is 4.22. The lowest BCUT2D eigenvalue weighted by Crippen LogP contribution is -1.99. The molecule has 3 heteroatoms. The largest absolute Gasteiger partial charge is 0.512 e. The summed E-state index contributed by atoms with van der Waals surface area (Å²) in [5.41, 5.74) is 6.07. The Kier molecular flexibility index (Phi) is 4.94. The first-order chi connectivity index (χ1) is 5.24. The van der Waals surface area contributed by atoms with Gasteiger partial charge in [0, 0.05) is 0 Å². The molecule has 0 radical (unpaired) electrons. The van der Waals surface area contributed by atoms with Gasteiger partial charge in [0.1, 0.15) is 12.0 Å². The second-order valence-corrected chi connectivity index (χ2v) is 2.02. The molecule has 0 aromatic carbocycles. The summed E-state index contributed by atoms with van der Waals surface area (Å²) in [6.45, 7) is 4.02. The summed E-state index contributed by atoms with van der Waals surface area (Å²) in [6.07, 6.45) is 4.27. The van der Waals surface area contributed by atoms with Gasteiger partial charge in [0.15, 0.2) is 0 Å². The number of aliphatic hydroxyl groups is 2. The fraction of sp³-hybridized carbons (Fsp3) is 0.250. The highest BCUT2D eigenvalue weighted by Crippen LogP contribution is 2.04. The molecular weight excluding hydrogens is 142 g/mol. The van der Waals surface area contributed by atoms with Gasteiger partial charge in [-0.1, -0.05) is 12.7 Å². The fourth-order valence-electron chi connectivity index (χ4n) is 0.627. The topological polar surface area (TPSA) is 66.5 Å². The molecule has 0 aliphatic heterocycles. The average Bonchev–Trinajstić information content (AvgIpc) is 2.03. The number of rotatable bonds is 4. The van der Waals surface area contributed by atoms with Crippen molar-refractivity contribution in [2.24, 2.45) is 5.73 Å². The Balaban J connectivity index is 4.22. The normalized spacial score (nSPS) is 13.2. The van der Waals surface area contributed by atoms with Crippen molar-refractivity contribution in [1.82, 2.24) is 0 Å². The van der Waals surface area contributed by atoms with Gasteiger partial charge < -0.3 is 15.9 Å². The minimum Gasteiger partial charge on any atom is -0.512 e. The van der Waals surface area contributed by atoms with Crippen molar-refractivity contribution >= 4 is 0 Å². The van der Waals surface area contributed by atoms with E-state index < -0.39 is 0 Å². The van der Waals surface area contributed by atoms with E-state index in [-0.39, 0.29) is 5.76 Å². The maximum absolute atomic E-state index is 8.83. The van der Waals surface area contributed by atoms with E-state index in [9.17, 15) is 0 Å². The molecule has 0 amide bonds. The van der Waals surface area contributed by atoms with E-state index in [0.29, 0.717) is 19.2 Å².